The number of rotatable bonds is 8. The van der Waals surface area contributed by atoms with E-state index in [0.717, 1.165) is 12.8 Å². The Bertz CT molecular complexity index is 372. The summed E-state index contributed by atoms with van der Waals surface area (Å²) in [5.41, 5.74) is 0. The molecule has 1 amide bonds. The minimum absolute atomic E-state index is 0.00310. The number of aliphatic hydroxyl groups excluding tert-OH is 1. The summed E-state index contributed by atoms with van der Waals surface area (Å²) in [7, 11) is 0. The number of aliphatic hydroxyl groups is 1. The predicted molar refractivity (Wildman–Crippen MR) is 92.7 cm³/mol. The van der Waals surface area contributed by atoms with Crippen LogP contribution in [0.15, 0.2) is 0 Å². The quantitative estimate of drug-likeness (QED) is 0.631. The second-order valence-electron chi connectivity index (χ2n) is 7.64. The Hall–Kier alpha value is -0.850. The van der Waals surface area contributed by atoms with E-state index in [-0.39, 0.29) is 18.2 Å². The summed E-state index contributed by atoms with van der Waals surface area (Å²) >= 11 is 0. The van der Waals surface area contributed by atoms with Crippen molar-refractivity contribution in [3.63, 3.8) is 0 Å². The fraction of sp³-hybridized carbons (Fsp3) is 0.944. The van der Waals surface area contributed by atoms with Crippen molar-refractivity contribution >= 4 is 6.09 Å². The second kappa shape index (κ2) is 10.2. The third-order valence-corrected chi connectivity index (χ3v) is 4.94. The molecule has 0 radical (unpaired) electrons. The zero-order chi connectivity index (χ0) is 17.4. The molecule has 140 valence electrons. The summed E-state index contributed by atoms with van der Waals surface area (Å²) in [6.45, 7) is 5.99. The van der Waals surface area contributed by atoms with Gasteiger partial charge in [-0.25, -0.2) is 4.79 Å². The topological polar surface area (TPSA) is 79.8 Å². The van der Waals surface area contributed by atoms with E-state index in [1.54, 1.807) is 0 Å². The molecule has 0 spiro atoms. The van der Waals surface area contributed by atoms with Crippen molar-refractivity contribution in [2.75, 3.05) is 19.8 Å². The highest BCUT2D eigenvalue weighted by molar-refractivity contribution is 5.67. The van der Waals surface area contributed by atoms with Crippen molar-refractivity contribution in [1.29, 1.82) is 0 Å². The van der Waals surface area contributed by atoms with Crippen LogP contribution in [-0.4, -0.2) is 49.3 Å². The van der Waals surface area contributed by atoms with Crippen LogP contribution in [0.2, 0.25) is 0 Å². The van der Waals surface area contributed by atoms with Gasteiger partial charge in [0.05, 0.1) is 19.3 Å². The monoisotopic (exact) mass is 342 g/mol. The highest BCUT2D eigenvalue weighted by Crippen LogP contribution is 2.23. The van der Waals surface area contributed by atoms with E-state index >= 15 is 0 Å². The highest BCUT2D eigenvalue weighted by atomic mass is 16.6. The minimum atomic E-state index is -0.747. The Labute approximate surface area is 145 Å². The molecule has 6 heteroatoms. The average Bonchev–Trinajstić information content (AvgIpc) is 2.96. The van der Waals surface area contributed by atoms with Gasteiger partial charge in [-0.1, -0.05) is 33.1 Å². The van der Waals surface area contributed by atoms with Gasteiger partial charge in [0, 0.05) is 12.6 Å². The Morgan fingerprint density at radius 1 is 1.25 bits per heavy atom. The smallest absolute Gasteiger partial charge is 0.407 e. The summed E-state index contributed by atoms with van der Waals surface area (Å²) in [4.78, 5) is 12.1. The lowest BCUT2D eigenvalue weighted by Gasteiger charge is -2.25. The fourth-order valence-corrected chi connectivity index (χ4v) is 3.59. The molecule has 2 rings (SSSR count). The van der Waals surface area contributed by atoms with Gasteiger partial charge in [0.25, 0.3) is 0 Å². The first-order valence-corrected chi connectivity index (χ1v) is 9.51. The molecule has 2 fully saturated rings. The Morgan fingerprint density at radius 3 is 2.62 bits per heavy atom. The molecule has 0 aromatic carbocycles. The van der Waals surface area contributed by atoms with Crippen molar-refractivity contribution in [2.24, 2.45) is 11.8 Å². The average molecular weight is 342 g/mol. The van der Waals surface area contributed by atoms with Crippen molar-refractivity contribution < 1.29 is 19.4 Å². The van der Waals surface area contributed by atoms with E-state index in [9.17, 15) is 9.90 Å². The van der Waals surface area contributed by atoms with Gasteiger partial charge in [0.1, 0.15) is 0 Å². The Kier molecular flexibility index (Phi) is 8.29. The normalized spacial score (nSPS) is 26.5. The molecule has 24 heavy (non-hydrogen) atoms. The van der Waals surface area contributed by atoms with Gasteiger partial charge < -0.3 is 25.2 Å². The van der Waals surface area contributed by atoms with E-state index in [2.05, 4.69) is 24.5 Å². The Balaban J connectivity index is 1.71. The standard InChI is InChI=1S/C18H34N2O4/c1-13(2)10-15(11-19-16-8-9-23-17(16)21)20-18(22)24-12-14-6-4-3-5-7-14/h13-17,19,21H,3-12H2,1-2H3,(H,20,22)/t15-,16+,17?/m1/s1. The predicted octanol–water partition coefficient (Wildman–Crippen LogP) is 2.40. The van der Waals surface area contributed by atoms with Crippen LogP contribution in [0.25, 0.3) is 0 Å². The third-order valence-electron chi connectivity index (χ3n) is 4.94. The Morgan fingerprint density at radius 2 is 2.00 bits per heavy atom. The fourth-order valence-electron chi connectivity index (χ4n) is 3.59. The van der Waals surface area contributed by atoms with Gasteiger partial charge in [-0.3, -0.25) is 0 Å². The minimum Gasteiger partial charge on any atom is -0.449 e. The van der Waals surface area contributed by atoms with Crippen molar-refractivity contribution in [1.82, 2.24) is 10.6 Å². The summed E-state index contributed by atoms with van der Waals surface area (Å²) in [6.07, 6.45) is 6.74. The third kappa shape index (κ3) is 6.95. The van der Waals surface area contributed by atoms with Gasteiger partial charge in [-0.2, -0.15) is 0 Å². The number of carbonyl (C=O) groups is 1. The number of hydrogen-bond acceptors (Lipinski definition) is 5. The lowest BCUT2D eigenvalue weighted by Crippen LogP contribution is -2.47. The summed E-state index contributed by atoms with van der Waals surface area (Å²) < 4.78 is 10.6. The number of amides is 1. The molecule has 0 aromatic rings. The van der Waals surface area contributed by atoms with E-state index in [0.29, 0.717) is 31.6 Å². The molecule has 0 bridgehead atoms. The zero-order valence-electron chi connectivity index (χ0n) is 15.1. The summed E-state index contributed by atoms with van der Waals surface area (Å²) in [5.74, 6) is 0.997. The van der Waals surface area contributed by atoms with Gasteiger partial charge in [-0.15, -0.1) is 0 Å². The molecule has 0 aromatic heterocycles. The van der Waals surface area contributed by atoms with Crippen LogP contribution in [0.4, 0.5) is 4.79 Å². The molecule has 3 N–H and O–H groups in total. The van der Waals surface area contributed by atoms with Crippen LogP contribution < -0.4 is 10.6 Å². The largest absolute Gasteiger partial charge is 0.449 e. The highest BCUT2D eigenvalue weighted by Gasteiger charge is 2.27. The van der Waals surface area contributed by atoms with Crippen LogP contribution in [0, 0.1) is 11.8 Å². The number of ether oxygens (including phenoxy) is 2. The van der Waals surface area contributed by atoms with Crippen molar-refractivity contribution in [3.05, 3.63) is 0 Å². The first-order valence-electron chi connectivity index (χ1n) is 9.51. The first kappa shape index (κ1) is 19.5. The molecular formula is C18H34N2O4. The van der Waals surface area contributed by atoms with Crippen molar-refractivity contribution in [2.45, 2.75) is 77.2 Å². The van der Waals surface area contributed by atoms with Crippen molar-refractivity contribution in [3.8, 4) is 0 Å². The maximum atomic E-state index is 12.1. The number of carbonyl (C=O) groups excluding carboxylic acids is 1. The maximum Gasteiger partial charge on any atom is 0.407 e. The number of alkyl carbamates (subject to hydrolysis) is 1. The van der Waals surface area contributed by atoms with E-state index in [1.165, 1.54) is 32.1 Å². The zero-order valence-corrected chi connectivity index (χ0v) is 15.1. The van der Waals surface area contributed by atoms with Gasteiger partial charge in [0.15, 0.2) is 6.29 Å². The van der Waals surface area contributed by atoms with Crippen LogP contribution in [-0.2, 0) is 9.47 Å². The van der Waals surface area contributed by atoms with Crippen LogP contribution in [0.5, 0.6) is 0 Å². The first-order chi connectivity index (χ1) is 11.5. The summed E-state index contributed by atoms with van der Waals surface area (Å²) in [5, 5.41) is 16.0. The van der Waals surface area contributed by atoms with Gasteiger partial charge in [0.2, 0.25) is 0 Å². The second-order valence-corrected chi connectivity index (χ2v) is 7.64. The van der Waals surface area contributed by atoms with Crippen LogP contribution in [0.3, 0.4) is 0 Å². The SMILES string of the molecule is CC(C)C[C@H](CN[C@H]1CCOC1O)NC(=O)OCC1CCCCC1. The van der Waals surface area contributed by atoms with Gasteiger partial charge in [-0.05, 0) is 37.5 Å². The lowest BCUT2D eigenvalue weighted by molar-refractivity contribution is -0.0718. The molecule has 1 unspecified atom stereocenters. The number of hydrogen-bond donors (Lipinski definition) is 3. The molecule has 1 aliphatic carbocycles. The van der Waals surface area contributed by atoms with E-state index in [4.69, 9.17) is 9.47 Å². The molecular weight excluding hydrogens is 308 g/mol. The maximum absolute atomic E-state index is 12.1. The van der Waals surface area contributed by atoms with Crippen LogP contribution in [0.1, 0.15) is 58.8 Å². The van der Waals surface area contributed by atoms with Gasteiger partial charge >= 0.3 is 6.09 Å². The lowest BCUT2D eigenvalue weighted by atomic mass is 9.90. The molecule has 1 aliphatic heterocycles. The van der Waals surface area contributed by atoms with Crippen LogP contribution >= 0.6 is 0 Å². The molecule has 1 heterocycles. The molecule has 1 saturated carbocycles. The van der Waals surface area contributed by atoms with E-state index < -0.39 is 6.29 Å². The van der Waals surface area contributed by atoms with E-state index in [1.807, 2.05) is 0 Å². The summed E-state index contributed by atoms with van der Waals surface area (Å²) in [6, 6.07) is -0.0589. The molecule has 6 nitrogen and oxygen atoms in total. The number of nitrogens with one attached hydrogen (secondary N) is 2. The molecule has 3 atom stereocenters. The molecule has 2 aliphatic rings. The molecule has 1 saturated heterocycles.